The summed E-state index contributed by atoms with van der Waals surface area (Å²) in [5.74, 6) is -0.628. The van der Waals surface area contributed by atoms with Gasteiger partial charge in [-0.1, -0.05) is 13.0 Å². The number of nitrogens with zero attached hydrogens (tertiary/aromatic N) is 1. The summed E-state index contributed by atoms with van der Waals surface area (Å²) in [6, 6.07) is 5.68. The second-order valence-corrected chi connectivity index (χ2v) is 10.8. The van der Waals surface area contributed by atoms with Crippen molar-refractivity contribution in [1.82, 2.24) is 10.3 Å². The summed E-state index contributed by atoms with van der Waals surface area (Å²) >= 11 is 0. The largest absolute Gasteiger partial charge is 0.490 e. The van der Waals surface area contributed by atoms with Crippen molar-refractivity contribution in [2.45, 2.75) is 32.1 Å². The number of ether oxygens (including phenoxy) is 1. The van der Waals surface area contributed by atoms with Crippen molar-refractivity contribution in [2.24, 2.45) is 5.92 Å². The number of urea groups is 1. The summed E-state index contributed by atoms with van der Waals surface area (Å²) in [6.07, 6.45) is 4.02. The van der Waals surface area contributed by atoms with Crippen LogP contribution in [0.3, 0.4) is 0 Å². The highest BCUT2D eigenvalue weighted by molar-refractivity contribution is 7.91. The molecule has 1 aromatic heterocycles. The Bertz CT molecular complexity index is 1130. The van der Waals surface area contributed by atoms with Crippen LogP contribution in [0.5, 0.6) is 5.75 Å². The van der Waals surface area contributed by atoms with E-state index in [9.17, 15) is 22.4 Å². The molecule has 10 heteroatoms. The van der Waals surface area contributed by atoms with Crippen molar-refractivity contribution >= 4 is 27.5 Å². The average Bonchev–Trinajstić information content (AvgIpc) is 3.33. The molecule has 2 aromatic rings. The molecule has 1 aliphatic carbocycles. The van der Waals surface area contributed by atoms with Crippen LogP contribution in [0.1, 0.15) is 36.9 Å². The summed E-state index contributed by atoms with van der Waals surface area (Å²) in [5, 5.41) is 2.20. The van der Waals surface area contributed by atoms with Gasteiger partial charge in [-0.05, 0) is 48.4 Å². The average molecular weight is 464 g/mol. The van der Waals surface area contributed by atoms with Crippen LogP contribution in [-0.4, -0.2) is 50.0 Å². The number of carbonyl (C=O) groups excluding carboxylic acids is 2. The predicted molar refractivity (Wildman–Crippen MR) is 117 cm³/mol. The number of anilines is 1. The molecule has 8 nitrogen and oxygen atoms in total. The highest BCUT2D eigenvalue weighted by atomic mass is 32.2. The molecule has 2 fully saturated rings. The summed E-state index contributed by atoms with van der Waals surface area (Å²) in [4.78, 5) is 27.3. The maximum Gasteiger partial charge on any atom is 0.329 e. The van der Waals surface area contributed by atoms with Gasteiger partial charge < -0.3 is 9.72 Å². The fourth-order valence-electron chi connectivity index (χ4n) is 3.63. The second-order valence-electron chi connectivity index (χ2n) is 8.53. The van der Waals surface area contributed by atoms with Crippen molar-refractivity contribution in [3.05, 3.63) is 47.5 Å². The van der Waals surface area contributed by atoms with Gasteiger partial charge in [0.25, 0.3) is 0 Å². The maximum absolute atomic E-state index is 14.0. The van der Waals surface area contributed by atoms with E-state index in [1.54, 1.807) is 31.3 Å². The van der Waals surface area contributed by atoms with Gasteiger partial charge in [-0.2, -0.15) is 0 Å². The van der Waals surface area contributed by atoms with E-state index in [0.717, 1.165) is 12.8 Å². The van der Waals surface area contributed by atoms with E-state index >= 15 is 0 Å². The van der Waals surface area contributed by atoms with Gasteiger partial charge >= 0.3 is 6.03 Å². The molecule has 2 heterocycles. The van der Waals surface area contributed by atoms with E-state index in [2.05, 4.69) is 10.3 Å². The lowest BCUT2D eigenvalue weighted by molar-refractivity contribution is -0.117. The SMILES string of the molecule is C[C@@H](CS(=O)(=O)CCc1cc(N2CC(=O)NC2=O)c[nH]1)c1ccc(F)c(OCC2CC2)c1. The molecular weight excluding hydrogens is 437 g/mol. The molecule has 0 bridgehead atoms. The normalized spacial score (nSPS) is 17.5. The van der Waals surface area contributed by atoms with Crippen LogP contribution in [0, 0.1) is 11.7 Å². The third-order valence-electron chi connectivity index (χ3n) is 5.71. The Morgan fingerprint density at radius 3 is 2.72 bits per heavy atom. The zero-order chi connectivity index (χ0) is 22.9. The van der Waals surface area contributed by atoms with Crippen LogP contribution in [0.25, 0.3) is 0 Å². The van der Waals surface area contributed by atoms with Gasteiger partial charge in [0.1, 0.15) is 6.54 Å². The summed E-state index contributed by atoms with van der Waals surface area (Å²) < 4.78 is 44.9. The number of benzene rings is 1. The van der Waals surface area contributed by atoms with Crippen LogP contribution < -0.4 is 15.0 Å². The first-order valence-corrected chi connectivity index (χ1v) is 12.4. The van der Waals surface area contributed by atoms with Crippen molar-refractivity contribution < 1.29 is 27.1 Å². The molecule has 0 spiro atoms. The third kappa shape index (κ3) is 5.48. The first kappa shape index (κ1) is 22.3. The Hall–Kier alpha value is -2.88. The topological polar surface area (TPSA) is 109 Å². The molecule has 172 valence electrons. The lowest BCUT2D eigenvalue weighted by Gasteiger charge is -2.15. The lowest BCUT2D eigenvalue weighted by atomic mass is 10.0. The highest BCUT2D eigenvalue weighted by Gasteiger charge is 2.29. The predicted octanol–water partition coefficient (Wildman–Crippen LogP) is 2.76. The monoisotopic (exact) mass is 463 g/mol. The van der Waals surface area contributed by atoms with Crippen molar-refractivity contribution in [3.63, 3.8) is 0 Å². The second kappa shape index (κ2) is 8.93. The van der Waals surface area contributed by atoms with E-state index in [4.69, 9.17) is 4.74 Å². The minimum Gasteiger partial charge on any atom is -0.490 e. The summed E-state index contributed by atoms with van der Waals surface area (Å²) in [5.41, 5.74) is 1.88. The molecule has 0 radical (unpaired) electrons. The van der Waals surface area contributed by atoms with E-state index in [1.165, 1.54) is 11.0 Å². The maximum atomic E-state index is 14.0. The number of imide groups is 1. The number of aromatic amines is 1. The fraction of sp³-hybridized carbons (Fsp3) is 0.455. The number of H-pyrrole nitrogens is 1. The van der Waals surface area contributed by atoms with Gasteiger partial charge in [0, 0.05) is 18.3 Å². The van der Waals surface area contributed by atoms with Crippen molar-refractivity contribution in [2.75, 3.05) is 29.6 Å². The molecule has 1 saturated heterocycles. The smallest absolute Gasteiger partial charge is 0.329 e. The van der Waals surface area contributed by atoms with E-state index in [0.29, 0.717) is 29.5 Å². The molecule has 3 amide bonds. The third-order valence-corrected chi connectivity index (χ3v) is 7.55. The minimum absolute atomic E-state index is 0.0596. The van der Waals surface area contributed by atoms with E-state index in [-0.39, 0.29) is 42.0 Å². The molecular formula is C22H26FN3O5S. The summed E-state index contributed by atoms with van der Waals surface area (Å²) in [7, 11) is -3.40. The number of nitrogens with one attached hydrogen (secondary N) is 2. The fourth-order valence-corrected chi connectivity index (χ4v) is 5.29. The number of rotatable bonds is 10. The quantitative estimate of drug-likeness (QED) is 0.527. The number of hydrogen-bond donors (Lipinski definition) is 2. The Balaban J connectivity index is 1.33. The Kier molecular flexibility index (Phi) is 6.23. The molecule has 1 atom stereocenters. The molecule has 32 heavy (non-hydrogen) atoms. The molecule has 1 aliphatic heterocycles. The van der Waals surface area contributed by atoms with Gasteiger partial charge in [0.15, 0.2) is 21.4 Å². The van der Waals surface area contributed by atoms with Crippen molar-refractivity contribution in [3.8, 4) is 5.75 Å². The van der Waals surface area contributed by atoms with E-state index < -0.39 is 21.7 Å². The highest BCUT2D eigenvalue weighted by Crippen LogP contribution is 2.31. The van der Waals surface area contributed by atoms with Crippen LogP contribution >= 0.6 is 0 Å². The Morgan fingerprint density at radius 1 is 1.25 bits per heavy atom. The molecule has 0 unspecified atom stereocenters. The van der Waals surface area contributed by atoms with Gasteiger partial charge in [0.2, 0.25) is 5.91 Å². The van der Waals surface area contributed by atoms with E-state index in [1.807, 2.05) is 0 Å². The number of carbonyl (C=O) groups is 2. The number of sulfone groups is 1. The number of aromatic nitrogens is 1. The Morgan fingerprint density at radius 2 is 2.03 bits per heavy atom. The molecule has 4 rings (SSSR count). The zero-order valence-electron chi connectivity index (χ0n) is 17.8. The summed E-state index contributed by atoms with van der Waals surface area (Å²) in [6.45, 7) is 2.22. The van der Waals surface area contributed by atoms with Crippen LogP contribution in [0.2, 0.25) is 0 Å². The van der Waals surface area contributed by atoms with Gasteiger partial charge in [-0.3, -0.25) is 15.0 Å². The van der Waals surface area contributed by atoms with Crippen LogP contribution in [-0.2, 0) is 21.1 Å². The first-order chi connectivity index (χ1) is 15.2. The first-order valence-electron chi connectivity index (χ1n) is 10.6. The van der Waals surface area contributed by atoms with Crippen LogP contribution in [0.15, 0.2) is 30.5 Å². The van der Waals surface area contributed by atoms with Gasteiger partial charge in [-0.25, -0.2) is 17.6 Å². The van der Waals surface area contributed by atoms with Crippen molar-refractivity contribution in [1.29, 1.82) is 0 Å². The molecule has 1 aromatic carbocycles. The number of hydrogen-bond acceptors (Lipinski definition) is 5. The van der Waals surface area contributed by atoms with Gasteiger partial charge in [0.05, 0.1) is 23.8 Å². The Labute approximate surface area is 186 Å². The molecule has 2 aliphatic rings. The standard InChI is InChI=1S/C22H26FN3O5S/c1-14(16-4-5-19(23)20(8-16)31-12-15-2-3-15)13-32(29,30)7-6-17-9-18(10-24-17)26-11-21(27)25-22(26)28/h4-5,8-10,14-15,24H,2-3,6-7,11-13H2,1H3,(H,25,27,28)/t14-/m0/s1. The van der Waals surface area contributed by atoms with Gasteiger partial charge in [-0.15, -0.1) is 0 Å². The zero-order valence-corrected chi connectivity index (χ0v) is 18.6. The molecule has 2 N–H and O–H groups in total. The number of amides is 3. The lowest BCUT2D eigenvalue weighted by Crippen LogP contribution is -2.27. The minimum atomic E-state index is -3.40. The number of halogens is 1. The molecule has 1 saturated carbocycles. The number of aryl methyl sites for hydroxylation is 1. The van der Waals surface area contributed by atoms with Crippen LogP contribution in [0.4, 0.5) is 14.9 Å².